The second-order valence-corrected chi connectivity index (χ2v) is 3.94. The maximum Gasteiger partial charge on any atom is 0.320 e. The van der Waals surface area contributed by atoms with Crippen molar-refractivity contribution < 1.29 is 9.90 Å². The summed E-state index contributed by atoms with van der Waals surface area (Å²) in [6.45, 7) is 6.08. The molecule has 0 heterocycles. The third kappa shape index (κ3) is 6.49. The van der Waals surface area contributed by atoms with Gasteiger partial charge in [0.1, 0.15) is 6.04 Å². The molecule has 0 amide bonds. The Morgan fingerprint density at radius 1 is 1.50 bits per heavy atom. The van der Waals surface area contributed by atoms with Crippen molar-refractivity contribution in [2.45, 2.75) is 33.2 Å². The molecular weight excluding hydrogens is 174 g/mol. The molecule has 0 radical (unpaired) electrons. The van der Waals surface area contributed by atoms with Gasteiger partial charge < -0.3 is 10.4 Å². The van der Waals surface area contributed by atoms with E-state index in [1.165, 1.54) is 0 Å². The van der Waals surface area contributed by atoms with Crippen molar-refractivity contribution in [2.75, 3.05) is 7.05 Å². The van der Waals surface area contributed by atoms with Gasteiger partial charge in [-0.3, -0.25) is 4.79 Å². The highest BCUT2D eigenvalue weighted by molar-refractivity contribution is 7.59. The van der Waals surface area contributed by atoms with Gasteiger partial charge in [0.2, 0.25) is 0 Å². The van der Waals surface area contributed by atoms with E-state index in [1.54, 1.807) is 7.05 Å². The number of likely N-dealkylation sites (N-methyl/N-ethyl adjacent to an activating group) is 1. The normalized spacial score (nSPS) is 13.3. The lowest BCUT2D eigenvalue weighted by molar-refractivity contribution is -0.140. The minimum Gasteiger partial charge on any atom is -0.480 e. The van der Waals surface area contributed by atoms with Gasteiger partial charge in [-0.2, -0.15) is 13.5 Å². The summed E-state index contributed by atoms with van der Waals surface area (Å²) < 4.78 is 0. The average molecular weight is 193 g/mol. The molecule has 74 valence electrons. The van der Waals surface area contributed by atoms with E-state index in [2.05, 4.69) is 5.32 Å². The van der Waals surface area contributed by atoms with E-state index in [-0.39, 0.29) is 18.9 Å². The Morgan fingerprint density at radius 3 is 2.00 bits per heavy atom. The molecule has 0 spiro atoms. The zero-order valence-electron chi connectivity index (χ0n) is 8.14. The van der Waals surface area contributed by atoms with Gasteiger partial charge in [-0.15, -0.1) is 0 Å². The minimum atomic E-state index is -0.776. The molecule has 0 rings (SSSR count). The Balaban J connectivity index is 0. The molecule has 0 aliphatic rings. The van der Waals surface area contributed by atoms with E-state index in [4.69, 9.17) is 5.11 Å². The molecule has 4 heteroatoms. The molecule has 12 heavy (non-hydrogen) atoms. The van der Waals surface area contributed by atoms with Crippen LogP contribution in [0.4, 0.5) is 0 Å². The van der Waals surface area contributed by atoms with E-state index >= 15 is 0 Å². The van der Waals surface area contributed by atoms with E-state index in [1.807, 2.05) is 20.8 Å². The third-order valence-corrected chi connectivity index (χ3v) is 1.46. The van der Waals surface area contributed by atoms with Crippen LogP contribution in [0.1, 0.15) is 27.2 Å². The Hall–Kier alpha value is -0.220. The van der Waals surface area contributed by atoms with Gasteiger partial charge in [-0.1, -0.05) is 20.8 Å². The highest BCUT2D eigenvalue weighted by Gasteiger charge is 2.22. The minimum absolute atomic E-state index is 0. The van der Waals surface area contributed by atoms with Gasteiger partial charge >= 0.3 is 5.97 Å². The maximum absolute atomic E-state index is 10.5. The number of aliphatic carboxylic acids is 1. The first kappa shape index (κ1) is 14.3. The van der Waals surface area contributed by atoms with Crippen molar-refractivity contribution in [1.82, 2.24) is 5.32 Å². The van der Waals surface area contributed by atoms with Gasteiger partial charge in [0.15, 0.2) is 0 Å². The van der Waals surface area contributed by atoms with E-state index in [9.17, 15) is 4.79 Å². The number of rotatable bonds is 3. The highest BCUT2D eigenvalue weighted by atomic mass is 32.1. The van der Waals surface area contributed by atoms with Crippen molar-refractivity contribution in [3.63, 3.8) is 0 Å². The van der Waals surface area contributed by atoms with Crippen molar-refractivity contribution in [1.29, 1.82) is 0 Å². The summed E-state index contributed by atoms with van der Waals surface area (Å²) in [5.74, 6) is -0.776. The quantitative estimate of drug-likeness (QED) is 0.708. The first-order chi connectivity index (χ1) is 4.87. The largest absolute Gasteiger partial charge is 0.480 e. The summed E-state index contributed by atoms with van der Waals surface area (Å²) in [5.41, 5.74) is 0.0616. The number of carboxylic acids is 1. The standard InChI is InChI=1S/C8H17NO2.H2S/c1-8(2,3)5-6(9-4)7(10)11;/h6,9H,5H2,1-4H3,(H,10,11);1H2/t6-;/m0./s1. The molecule has 0 aromatic carbocycles. The van der Waals surface area contributed by atoms with Crippen LogP contribution in [0, 0.1) is 5.41 Å². The van der Waals surface area contributed by atoms with Crippen LogP contribution in [0.25, 0.3) is 0 Å². The Morgan fingerprint density at radius 2 is 1.92 bits per heavy atom. The van der Waals surface area contributed by atoms with Crippen molar-refractivity contribution in [3.8, 4) is 0 Å². The predicted octanol–water partition coefficient (Wildman–Crippen LogP) is 1.21. The molecule has 0 fully saturated rings. The molecular formula is C8H19NO2S. The molecule has 0 aliphatic carbocycles. The first-order valence-corrected chi connectivity index (χ1v) is 3.77. The van der Waals surface area contributed by atoms with E-state index in [0.717, 1.165) is 0 Å². The van der Waals surface area contributed by atoms with Gasteiger partial charge in [0.05, 0.1) is 0 Å². The zero-order valence-corrected chi connectivity index (χ0v) is 9.14. The van der Waals surface area contributed by atoms with E-state index < -0.39 is 12.0 Å². The van der Waals surface area contributed by atoms with Crippen molar-refractivity contribution in [2.24, 2.45) is 5.41 Å². The Labute approximate surface area is 81.0 Å². The molecule has 0 saturated heterocycles. The SMILES string of the molecule is CN[C@@H](CC(C)(C)C)C(=O)O.S. The van der Waals surface area contributed by atoms with Crippen LogP contribution < -0.4 is 5.32 Å². The molecule has 2 N–H and O–H groups in total. The van der Waals surface area contributed by atoms with Crippen LogP contribution in [0.15, 0.2) is 0 Å². The average Bonchev–Trinajstić information content (AvgIpc) is 1.80. The molecule has 0 bridgehead atoms. The van der Waals surface area contributed by atoms with Gasteiger partial charge in [-0.05, 0) is 18.9 Å². The lowest BCUT2D eigenvalue weighted by Gasteiger charge is -2.22. The monoisotopic (exact) mass is 193 g/mol. The van der Waals surface area contributed by atoms with Crippen LogP contribution in [0.3, 0.4) is 0 Å². The number of carbonyl (C=O) groups is 1. The summed E-state index contributed by atoms with van der Waals surface area (Å²) in [7, 11) is 1.67. The van der Waals surface area contributed by atoms with Crippen LogP contribution >= 0.6 is 13.5 Å². The maximum atomic E-state index is 10.5. The topological polar surface area (TPSA) is 49.3 Å². The smallest absolute Gasteiger partial charge is 0.320 e. The molecule has 0 aromatic rings. The molecule has 0 unspecified atom stereocenters. The summed E-state index contributed by atoms with van der Waals surface area (Å²) in [6.07, 6.45) is 0.652. The Kier molecular flexibility index (Phi) is 6.48. The van der Waals surface area contributed by atoms with Crippen molar-refractivity contribution >= 4 is 19.5 Å². The Bertz CT molecular complexity index is 142. The lowest BCUT2D eigenvalue weighted by atomic mass is 9.88. The van der Waals surface area contributed by atoms with Crippen LogP contribution in [-0.2, 0) is 4.79 Å². The molecule has 0 aromatic heterocycles. The van der Waals surface area contributed by atoms with Gasteiger partial charge in [0, 0.05) is 0 Å². The highest BCUT2D eigenvalue weighted by Crippen LogP contribution is 2.20. The predicted molar refractivity (Wildman–Crippen MR) is 54.9 cm³/mol. The zero-order chi connectivity index (χ0) is 9.07. The van der Waals surface area contributed by atoms with E-state index in [0.29, 0.717) is 6.42 Å². The van der Waals surface area contributed by atoms with Crippen molar-refractivity contribution in [3.05, 3.63) is 0 Å². The van der Waals surface area contributed by atoms with Crippen LogP contribution in [-0.4, -0.2) is 24.2 Å². The molecule has 1 atom stereocenters. The fourth-order valence-electron chi connectivity index (χ4n) is 0.925. The van der Waals surface area contributed by atoms with Crippen LogP contribution in [0.5, 0.6) is 0 Å². The summed E-state index contributed by atoms with van der Waals surface area (Å²) >= 11 is 0. The third-order valence-electron chi connectivity index (χ3n) is 1.46. The second-order valence-electron chi connectivity index (χ2n) is 3.94. The number of hydrogen-bond acceptors (Lipinski definition) is 2. The first-order valence-electron chi connectivity index (χ1n) is 3.77. The molecule has 0 saturated carbocycles. The fourth-order valence-corrected chi connectivity index (χ4v) is 0.925. The summed E-state index contributed by atoms with van der Waals surface area (Å²) in [5, 5.41) is 11.4. The second kappa shape index (κ2) is 5.43. The van der Waals surface area contributed by atoms with Crippen LogP contribution in [0.2, 0.25) is 0 Å². The molecule has 3 nitrogen and oxygen atoms in total. The van der Waals surface area contributed by atoms with Gasteiger partial charge in [0.25, 0.3) is 0 Å². The lowest BCUT2D eigenvalue weighted by Crippen LogP contribution is -2.37. The summed E-state index contributed by atoms with van der Waals surface area (Å²) in [6, 6.07) is -0.421. The number of nitrogens with one attached hydrogen (secondary N) is 1. The van der Waals surface area contributed by atoms with Gasteiger partial charge in [-0.25, -0.2) is 0 Å². The summed E-state index contributed by atoms with van der Waals surface area (Å²) in [4.78, 5) is 10.5. The molecule has 0 aliphatic heterocycles. The fraction of sp³-hybridized carbons (Fsp3) is 0.875. The number of hydrogen-bond donors (Lipinski definition) is 2. The number of carboxylic acid groups (broad SMARTS) is 1.